The van der Waals surface area contributed by atoms with Gasteiger partial charge in [0.05, 0.1) is 17.3 Å². The summed E-state index contributed by atoms with van der Waals surface area (Å²) in [6, 6.07) is 27.1. The lowest BCUT2D eigenvalue weighted by Gasteiger charge is -2.04. The van der Waals surface area contributed by atoms with E-state index in [0.717, 1.165) is 21.0 Å². The largest absolute Gasteiger partial charge is 0.332 e. The molecular weight excluding hydrogens is 432 g/mol. The molecule has 5 aromatic rings. The van der Waals surface area contributed by atoms with Gasteiger partial charge in [0.15, 0.2) is 5.69 Å². The summed E-state index contributed by atoms with van der Waals surface area (Å²) in [4.78, 5) is 6.02. The third-order valence-corrected chi connectivity index (χ3v) is 6.76. The van der Waals surface area contributed by atoms with Gasteiger partial charge in [0.25, 0.3) is 5.89 Å². The molecule has 0 saturated heterocycles. The summed E-state index contributed by atoms with van der Waals surface area (Å²) >= 11 is 0. The number of aryl methyl sites for hydroxylation is 2. The van der Waals surface area contributed by atoms with Crippen LogP contribution in [-0.4, -0.2) is 24.1 Å². The summed E-state index contributed by atoms with van der Waals surface area (Å²) < 4.78 is 20.1. The van der Waals surface area contributed by atoms with Gasteiger partial charge in [-0.3, -0.25) is 4.68 Å². The van der Waals surface area contributed by atoms with Gasteiger partial charge in [-0.05, 0) is 61.9 Å². The molecule has 2 aromatic heterocycles. The van der Waals surface area contributed by atoms with Crippen LogP contribution < -0.4 is 0 Å². The lowest BCUT2D eigenvalue weighted by molar-refractivity contribution is 0.430. The lowest BCUT2D eigenvalue weighted by atomic mass is 10.1. The molecule has 0 aliphatic carbocycles. The first-order chi connectivity index (χ1) is 16.1. The average Bonchev–Trinajstić information content (AvgIpc) is 3.48. The van der Waals surface area contributed by atoms with Crippen LogP contribution in [0.2, 0.25) is 0 Å². The van der Waals surface area contributed by atoms with Crippen LogP contribution in [0.4, 0.5) is 0 Å². The van der Waals surface area contributed by atoms with Crippen LogP contribution in [0.15, 0.2) is 99.2 Å². The second-order valence-electron chi connectivity index (χ2n) is 7.84. The van der Waals surface area contributed by atoms with Gasteiger partial charge in [-0.15, -0.1) is 0 Å². The van der Waals surface area contributed by atoms with Crippen LogP contribution >= 0.6 is 0 Å². The topological polar surface area (TPSA) is 73.8 Å². The highest BCUT2D eigenvalue weighted by Crippen LogP contribution is 2.24. The Kier molecular flexibility index (Phi) is 5.71. The summed E-state index contributed by atoms with van der Waals surface area (Å²) in [6.07, 6.45) is 0. The maximum absolute atomic E-state index is 12.7. The molecule has 1 atom stereocenters. The van der Waals surface area contributed by atoms with E-state index in [0.29, 0.717) is 24.0 Å². The van der Waals surface area contributed by atoms with Crippen molar-refractivity contribution in [2.75, 3.05) is 0 Å². The van der Waals surface area contributed by atoms with E-state index in [9.17, 15) is 4.21 Å². The molecule has 0 amide bonds. The number of rotatable bonds is 6. The van der Waals surface area contributed by atoms with Crippen molar-refractivity contribution in [2.24, 2.45) is 0 Å². The highest BCUT2D eigenvalue weighted by molar-refractivity contribution is 7.85. The van der Waals surface area contributed by atoms with E-state index >= 15 is 0 Å². The van der Waals surface area contributed by atoms with E-state index in [4.69, 9.17) is 4.52 Å². The fraction of sp³-hybridized carbons (Fsp3) is 0.115. The van der Waals surface area contributed by atoms with E-state index in [1.807, 2.05) is 72.3 Å². The molecule has 7 heteroatoms. The van der Waals surface area contributed by atoms with Crippen LogP contribution in [0.1, 0.15) is 16.8 Å². The Labute approximate surface area is 194 Å². The molecule has 3 aromatic carbocycles. The van der Waals surface area contributed by atoms with Crippen molar-refractivity contribution in [1.82, 2.24) is 19.9 Å². The standard InChI is InChI=1S/C26H22N4O2S/c1-18-8-10-20(11-9-18)17-30-19(2)16-24(28-30)26-27-25(29-32-26)21-12-14-23(15-13-21)33(31)22-6-4-3-5-7-22/h3-16H,17H2,1-2H3. The first kappa shape index (κ1) is 21.0. The predicted octanol–water partition coefficient (Wildman–Crippen LogP) is 5.43. The van der Waals surface area contributed by atoms with Gasteiger partial charge in [-0.25, -0.2) is 4.21 Å². The number of hydrogen-bond donors (Lipinski definition) is 0. The zero-order chi connectivity index (χ0) is 22.8. The van der Waals surface area contributed by atoms with Crippen LogP contribution in [0.5, 0.6) is 0 Å². The van der Waals surface area contributed by atoms with Gasteiger partial charge < -0.3 is 4.52 Å². The van der Waals surface area contributed by atoms with Gasteiger partial charge in [-0.2, -0.15) is 10.1 Å². The minimum Gasteiger partial charge on any atom is -0.332 e. The summed E-state index contributed by atoms with van der Waals surface area (Å²) in [5.74, 6) is 0.834. The van der Waals surface area contributed by atoms with Crippen LogP contribution in [0.25, 0.3) is 23.0 Å². The molecule has 33 heavy (non-hydrogen) atoms. The highest BCUT2D eigenvalue weighted by atomic mass is 32.2. The van der Waals surface area contributed by atoms with Crippen LogP contribution in [-0.2, 0) is 17.3 Å². The summed E-state index contributed by atoms with van der Waals surface area (Å²) in [5.41, 5.74) is 4.85. The number of nitrogens with zero attached hydrogens (tertiary/aromatic N) is 4. The van der Waals surface area contributed by atoms with Crippen molar-refractivity contribution in [3.63, 3.8) is 0 Å². The molecule has 0 fully saturated rings. The third-order valence-electron chi connectivity index (χ3n) is 5.36. The van der Waals surface area contributed by atoms with E-state index in [2.05, 4.69) is 46.4 Å². The van der Waals surface area contributed by atoms with Crippen molar-refractivity contribution in [3.05, 3.63) is 102 Å². The Morgan fingerprint density at radius 1 is 0.879 bits per heavy atom. The van der Waals surface area contributed by atoms with Crippen LogP contribution in [0.3, 0.4) is 0 Å². The monoisotopic (exact) mass is 454 g/mol. The van der Waals surface area contributed by atoms with Crippen molar-refractivity contribution < 1.29 is 8.73 Å². The Bertz CT molecular complexity index is 1410. The Morgan fingerprint density at radius 2 is 1.58 bits per heavy atom. The van der Waals surface area contributed by atoms with E-state index < -0.39 is 10.8 Å². The summed E-state index contributed by atoms with van der Waals surface area (Å²) in [5, 5.41) is 8.77. The molecule has 0 N–H and O–H groups in total. The second kappa shape index (κ2) is 8.96. The maximum atomic E-state index is 12.7. The quantitative estimate of drug-likeness (QED) is 0.342. The van der Waals surface area contributed by atoms with E-state index in [-0.39, 0.29) is 0 Å². The molecule has 1 unspecified atom stereocenters. The molecule has 5 rings (SSSR count). The van der Waals surface area contributed by atoms with Crippen LogP contribution in [0, 0.1) is 13.8 Å². The molecule has 6 nitrogen and oxygen atoms in total. The molecule has 0 spiro atoms. The van der Waals surface area contributed by atoms with Gasteiger partial charge in [0, 0.05) is 21.0 Å². The molecule has 164 valence electrons. The molecular formula is C26H22N4O2S. The summed E-state index contributed by atoms with van der Waals surface area (Å²) in [6.45, 7) is 4.76. The first-order valence-electron chi connectivity index (χ1n) is 10.6. The highest BCUT2D eigenvalue weighted by Gasteiger charge is 2.16. The SMILES string of the molecule is Cc1ccc(Cn2nc(-c3nc(-c4ccc(S(=O)c5ccccc5)cc4)no3)cc2C)cc1. The Hall–Kier alpha value is -3.84. The zero-order valence-electron chi connectivity index (χ0n) is 18.3. The van der Waals surface area contributed by atoms with Crippen molar-refractivity contribution in [3.8, 4) is 23.0 Å². The molecule has 2 heterocycles. The van der Waals surface area contributed by atoms with Crippen molar-refractivity contribution in [1.29, 1.82) is 0 Å². The Morgan fingerprint density at radius 3 is 2.30 bits per heavy atom. The van der Waals surface area contributed by atoms with Gasteiger partial charge in [0.2, 0.25) is 5.82 Å². The number of benzene rings is 3. The number of aromatic nitrogens is 4. The van der Waals surface area contributed by atoms with E-state index in [1.165, 1.54) is 11.1 Å². The molecule has 0 saturated carbocycles. The second-order valence-corrected chi connectivity index (χ2v) is 9.32. The van der Waals surface area contributed by atoms with E-state index in [1.54, 1.807) is 0 Å². The smallest absolute Gasteiger partial charge is 0.278 e. The predicted molar refractivity (Wildman–Crippen MR) is 127 cm³/mol. The molecule has 0 bridgehead atoms. The van der Waals surface area contributed by atoms with Gasteiger partial charge in [0.1, 0.15) is 0 Å². The normalized spacial score (nSPS) is 12.1. The maximum Gasteiger partial charge on any atom is 0.278 e. The average molecular weight is 455 g/mol. The summed E-state index contributed by atoms with van der Waals surface area (Å²) in [7, 11) is -1.23. The fourth-order valence-electron chi connectivity index (χ4n) is 3.49. The first-order valence-corrected chi connectivity index (χ1v) is 11.7. The van der Waals surface area contributed by atoms with Crippen molar-refractivity contribution >= 4 is 10.8 Å². The minimum absolute atomic E-state index is 0.368. The number of hydrogen-bond acceptors (Lipinski definition) is 5. The van der Waals surface area contributed by atoms with Crippen molar-refractivity contribution in [2.45, 2.75) is 30.2 Å². The lowest BCUT2D eigenvalue weighted by Crippen LogP contribution is -2.03. The zero-order valence-corrected chi connectivity index (χ0v) is 19.1. The fourth-order valence-corrected chi connectivity index (χ4v) is 4.55. The molecule has 0 radical (unpaired) electrons. The van der Waals surface area contributed by atoms with Gasteiger partial charge >= 0.3 is 0 Å². The Balaban J connectivity index is 1.34. The van der Waals surface area contributed by atoms with Gasteiger partial charge in [-0.1, -0.05) is 53.2 Å². The molecule has 0 aliphatic rings. The minimum atomic E-state index is -1.23. The third kappa shape index (κ3) is 4.54. The molecule has 0 aliphatic heterocycles.